The third-order valence-corrected chi connectivity index (χ3v) is 3.59. The first-order valence-electron chi connectivity index (χ1n) is 6.88. The summed E-state index contributed by atoms with van der Waals surface area (Å²) in [7, 11) is 1.64. The number of piperidine rings is 1. The smallest absolute Gasteiger partial charge is 0.223 e. The molecule has 1 fully saturated rings. The molecule has 1 aliphatic rings. The predicted octanol–water partition coefficient (Wildman–Crippen LogP) is 1.67. The van der Waals surface area contributed by atoms with Gasteiger partial charge in [-0.25, -0.2) is 0 Å². The minimum absolute atomic E-state index is 0.150. The molecule has 0 bridgehead atoms. The predicted molar refractivity (Wildman–Crippen MR) is 76.3 cm³/mol. The highest BCUT2D eigenvalue weighted by atomic mass is 16.5. The summed E-state index contributed by atoms with van der Waals surface area (Å²) in [4.78, 5) is 14.3. The highest BCUT2D eigenvalue weighted by Gasteiger charge is 2.24. The van der Waals surface area contributed by atoms with Crippen molar-refractivity contribution in [3.8, 4) is 0 Å². The van der Waals surface area contributed by atoms with Gasteiger partial charge in [0.2, 0.25) is 5.91 Å². The van der Waals surface area contributed by atoms with E-state index in [-0.39, 0.29) is 11.8 Å². The van der Waals surface area contributed by atoms with E-state index < -0.39 is 0 Å². The van der Waals surface area contributed by atoms with Crippen molar-refractivity contribution in [3.05, 3.63) is 30.3 Å². The Morgan fingerprint density at radius 3 is 2.63 bits per heavy atom. The van der Waals surface area contributed by atoms with E-state index in [2.05, 4.69) is 34.5 Å². The number of nitrogens with zero attached hydrogens (tertiary/aromatic N) is 1. The van der Waals surface area contributed by atoms with Crippen LogP contribution < -0.4 is 10.2 Å². The lowest BCUT2D eigenvalue weighted by Gasteiger charge is -2.33. The van der Waals surface area contributed by atoms with E-state index in [0.29, 0.717) is 13.2 Å². The average Bonchev–Trinajstić information content (AvgIpc) is 2.48. The second kappa shape index (κ2) is 7.14. The van der Waals surface area contributed by atoms with Crippen molar-refractivity contribution < 1.29 is 9.53 Å². The van der Waals surface area contributed by atoms with Crippen LogP contribution in [0.25, 0.3) is 0 Å². The van der Waals surface area contributed by atoms with Gasteiger partial charge in [0.25, 0.3) is 0 Å². The second-order valence-corrected chi connectivity index (χ2v) is 4.88. The maximum Gasteiger partial charge on any atom is 0.223 e. The van der Waals surface area contributed by atoms with Gasteiger partial charge in [-0.2, -0.15) is 0 Å². The molecule has 4 nitrogen and oxygen atoms in total. The fourth-order valence-corrected chi connectivity index (χ4v) is 2.46. The molecule has 1 aromatic rings. The van der Waals surface area contributed by atoms with E-state index in [1.807, 2.05) is 6.07 Å². The summed E-state index contributed by atoms with van der Waals surface area (Å²) in [5, 5.41) is 2.93. The van der Waals surface area contributed by atoms with Crippen LogP contribution in [0.2, 0.25) is 0 Å². The highest BCUT2D eigenvalue weighted by molar-refractivity contribution is 5.79. The molecule has 0 radical (unpaired) electrons. The molecule has 0 saturated carbocycles. The summed E-state index contributed by atoms with van der Waals surface area (Å²) in [6.45, 7) is 3.08. The van der Waals surface area contributed by atoms with Crippen molar-refractivity contribution in [3.63, 3.8) is 0 Å². The Balaban J connectivity index is 1.77. The van der Waals surface area contributed by atoms with Gasteiger partial charge in [-0.1, -0.05) is 18.2 Å². The van der Waals surface area contributed by atoms with Crippen molar-refractivity contribution in [1.82, 2.24) is 5.32 Å². The van der Waals surface area contributed by atoms with Crippen LogP contribution in [0, 0.1) is 5.92 Å². The molecule has 104 valence electrons. The molecule has 4 heteroatoms. The lowest BCUT2D eigenvalue weighted by atomic mass is 9.95. The zero-order chi connectivity index (χ0) is 13.5. The number of rotatable bonds is 5. The quantitative estimate of drug-likeness (QED) is 0.821. The number of nitrogens with one attached hydrogen (secondary N) is 1. The van der Waals surface area contributed by atoms with Crippen molar-refractivity contribution >= 4 is 11.6 Å². The molecule has 1 aromatic carbocycles. The van der Waals surface area contributed by atoms with Crippen molar-refractivity contribution in [2.75, 3.05) is 38.3 Å². The maximum absolute atomic E-state index is 11.9. The number of carbonyl (C=O) groups is 1. The zero-order valence-electron chi connectivity index (χ0n) is 11.5. The van der Waals surface area contributed by atoms with E-state index >= 15 is 0 Å². The Morgan fingerprint density at radius 1 is 1.32 bits per heavy atom. The number of ether oxygens (including phenoxy) is 1. The monoisotopic (exact) mass is 262 g/mol. The first-order valence-corrected chi connectivity index (χ1v) is 6.88. The number of hydrogen-bond acceptors (Lipinski definition) is 3. The summed E-state index contributed by atoms with van der Waals surface area (Å²) in [5.41, 5.74) is 1.25. The van der Waals surface area contributed by atoms with Crippen molar-refractivity contribution in [2.24, 2.45) is 5.92 Å². The van der Waals surface area contributed by atoms with Gasteiger partial charge in [-0.05, 0) is 25.0 Å². The standard InChI is InChI=1S/C15H22N2O2/c1-19-12-9-16-15(18)13-7-10-17(11-8-13)14-5-3-2-4-6-14/h2-6,13H,7-12H2,1H3,(H,16,18). The van der Waals surface area contributed by atoms with Gasteiger partial charge < -0.3 is 15.0 Å². The fraction of sp³-hybridized carbons (Fsp3) is 0.533. The van der Waals surface area contributed by atoms with Crippen LogP contribution in [0.1, 0.15) is 12.8 Å². The number of anilines is 1. The van der Waals surface area contributed by atoms with Gasteiger partial charge in [0, 0.05) is 38.3 Å². The van der Waals surface area contributed by atoms with E-state index in [1.54, 1.807) is 7.11 Å². The first-order chi connectivity index (χ1) is 9.31. The Kier molecular flexibility index (Phi) is 5.21. The summed E-state index contributed by atoms with van der Waals surface area (Å²) < 4.78 is 4.93. The topological polar surface area (TPSA) is 41.6 Å². The van der Waals surface area contributed by atoms with Crippen LogP contribution in [0.5, 0.6) is 0 Å². The van der Waals surface area contributed by atoms with E-state index in [4.69, 9.17) is 4.74 Å². The molecule has 0 aromatic heterocycles. The van der Waals surface area contributed by atoms with E-state index in [9.17, 15) is 4.79 Å². The average molecular weight is 262 g/mol. The van der Waals surface area contributed by atoms with Crippen molar-refractivity contribution in [1.29, 1.82) is 0 Å². The Labute approximate surface area is 114 Å². The normalized spacial score (nSPS) is 16.4. The van der Waals surface area contributed by atoms with Gasteiger partial charge in [0.1, 0.15) is 0 Å². The van der Waals surface area contributed by atoms with Crippen LogP contribution in [-0.4, -0.2) is 39.3 Å². The molecule has 0 atom stereocenters. The third-order valence-electron chi connectivity index (χ3n) is 3.59. The fourth-order valence-electron chi connectivity index (χ4n) is 2.46. The zero-order valence-corrected chi connectivity index (χ0v) is 11.5. The molecule has 0 unspecified atom stereocenters. The van der Waals surface area contributed by atoms with Gasteiger partial charge in [0.15, 0.2) is 0 Å². The van der Waals surface area contributed by atoms with Gasteiger partial charge in [-0.3, -0.25) is 4.79 Å². The molecule has 1 saturated heterocycles. The Hall–Kier alpha value is -1.55. The van der Waals surface area contributed by atoms with Crippen molar-refractivity contribution in [2.45, 2.75) is 12.8 Å². The van der Waals surface area contributed by atoms with Gasteiger partial charge >= 0.3 is 0 Å². The summed E-state index contributed by atoms with van der Waals surface area (Å²) in [6, 6.07) is 10.4. The van der Waals surface area contributed by atoms with Gasteiger partial charge in [0.05, 0.1) is 6.61 Å². The Morgan fingerprint density at radius 2 is 2.00 bits per heavy atom. The number of carbonyl (C=O) groups excluding carboxylic acids is 1. The van der Waals surface area contributed by atoms with Crippen LogP contribution in [-0.2, 0) is 9.53 Å². The summed E-state index contributed by atoms with van der Waals surface area (Å²) in [6.07, 6.45) is 1.85. The molecule has 1 N–H and O–H groups in total. The molecular formula is C15H22N2O2. The number of benzene rings is 1. The first kappa shape index (κ1) is 13.9. The van der Waals surface area contributed by atoms with E-state index in [0.717, 1.165) is 25.9 Å². The largest absolute Gasteiger partial charge is 0.383 e. The van der Waals surface area contributed by atoms with Crippen LogP contribution in [0.3, 0.4) is 0 Å². The SMILES string of the molecule is COCCNC(=O)C1CCN(c2ccccc2)CC1. The van der Waals surface area contributed by atoms with Crippen LogP contribution >= 0.6 is 0 Å². The van der Waals surface area contributed by atoms with Crippen LogP contribution in [0.15, 0.2) is 30.3 Å². The number of para-hydroxylation sites is 1. The minimum Gasteiger partial charge on any atom is -0.383 e. The molecule has 1 amide bonds. The summed E-state index contributed by atoms with van der Waals surface area (Å²) >= 11 is 0. The van der Waals surface area contributed by atoms with Crippen LogP contribution in [0.4, 0.5) is 5.69 Å². The number of hydrogen-bond donors (Lipinski definition) is 1. The molecule has 1 heterocycles. The highest BCUT2D eigenvalue weighted by Crippen LogP contribution is 2.22. The Bertz CT molecular complexity index is 386. The molecule has 2 rings (SSSR count). The molecule has 1 aliphatic heterocycles. The molecule has 0 aliphatic carbocycles. The summed E-state index contributed by atoms with van der Waals surface area (Å²) in [5.74, 6) is 0.321. The second-order valence-electron chi connectivity index (χ2n) is 4.88. The maximum atomic E-state index is 11.9. The number of methoxy groups -OCH3 is 1. The number of amides is 1. The van der Waals surface area contributed by atoms with E-state index in [1.165, 1.54) is 5.69 Å². The molecule has 0 spiro atoms. The molecular weight excluding hydrogens is 240 g/mol. The lowest BCUT2D eigenvalue weighted by molar-refractivity contribution is -0.125. The third kappa shape index (κ3) is 3.96. The molecule has 19 heavy (non-hydrogen) atoms. The van der Waals surface area contributed by atoms with Gasteiger partial charge in [-0.15, -0.1) is 0 Å². The minimum atomic E-state index is 0.150. The lowest BCUT2D eigenvalue weighted by Crippen LogP contribution is -2.41.